The van der Waals surface area contributed by atoms with E-state index in [4.69, 9.17) is 10.9 Å². The molecule has 1 aliphatic heterocycles. The van der Waals surface area contributed by atoms with Crippen LogP contribution in [0.15, 0.2) is 29.4 Å². The third kappa shape index (κ3) is 2.21. The summed E-state index contributed by atoms with van der Waals surface area (Å²) in [6.07, 6.45) is 6.87. The van der Waals surface area contributed by atoms with Gasteiger partial charge >= 0.3 is 5.97 Å². The van der Waals surface area contributed by atoms with Crippen molar-refractivity contribution in [1.82, 2.24) is 5.01 Å². The van der Waals surface area contributed by atoms with Gasteiger partial charge in [0.1, 0.15) is 0 Å². The van der Waals surface area contributed by atoms with Crippen LogP contribution < -0.4 is 5.84 Å². The first kappa shape index (κ1) is 8.48. The normalized spacial score (nSPS) is 22.1. The largest absolute Gasteiger partial charge is 0.478 e. The van der Waals surface area contributed by atoms with Crippen LogP contribution in [0.25, 0.3) is 0 Å². The summed E-state index contributed by atoms with van der Waals surface area (Å²) in [4.78, 5) is 14.1. The Bertz CT molecular complexity index is 257. The van der Waals surface area contributed by atoms with Gasteiger partial charge in [-0.25, -0.2) is 10.6 Å². The number of nitrogens with two attached hydrogens (primary N) is 1. The van der Waals surface area contributed by atoms with Crippen molar-refractivity contribution in [2.75, 3.05) is 0 Å². The van der Waals surface area contributed by atoms with Gasteiger partial charge in [0.15, 0.2) is 6.17 Å². The Morgan fingerprint density at radius 1 is 1.75 bits per heavy atom. The van der Waals surface area contributed by atoms with Crippen LogP contribution in [0.2, 0.25) is 0 Å². The fourth-order valence-electron chi connectivity index (χ4n) is 0.758. The first-order valence-corrected chi connectivity index (χ1v) is 3.34. The third-order valence-electron chi connectivity index (χ3n) is 1.30. The lowest BCUT2D eigenvalue weighted by atomic mass is 10.4. The smallest absolute Gasteiger partial charge is 0.328 e. The molecule has 12 heavy (non-hydrogen) atoms. The van der Waals surface area contributed by atoms with E-state index >= 15 is 0 Å². The fourth-order valence-corrected chi connectivity index (χ4v) is 0.758. The van der Waals surface area contributed by atoms with Crippen molar-refractivity contribution in [3.63, 3.8) is 0 Å². The lowest BCUT2D eigenvalue weighted by molar-refractivity contribution is -0.131. The van der Waals surface area contributed by atoms with Crippen molar-refractivity contribution in [3.05, 3.63) is 24.4 Å². The maximum absolute atomic E-state index is 10.1. The van der Waals surface area contributed by atoms with E-state index in [1.807, 2.05) is 0 Å². The van der Waals surface area contributed by atoms with Gasteiger partial charge in [0.05, 0.1) is 0 Å². The van der Waals surface area contributed by atoms with Crippen molar-refractivity contribution >= 4 is 12.2 Å². The summed E-state index contributed by atoms with van der Waals surface area (Å²) in [6, 6.07) is 0. The van der Waals surface area contributed by atoms with Gasteiger partial charge in [-0.05, 0) is 12.2 Å². The van der Waals surface area contributed by atoms with E-state index in [1.165, 1.54) is 11.1 Å². The van der Waals surface area contributed by atoms with Crippen LogP contribution in [0.5, 0.6) is 0 Å². The summed E-state index contributed by atoms with van der Waals surface area (Å²) in [5.74, 6) is 4.45. The molecule has 0 amide bonds. The van der Waals surface area contributed by atoms with Crippen LogP contribution in [-0.2, 0) is 4.79 Å². The Morgan fingerprint density at radius 3 is 3.08 bits per heavy atom. The van der Waals surface area contributed by atoms with Gasteiger partial charge in [-0.2, -0.15) is 0 Å². The number of allylic oxidation sites excluding steroid dienone is 1. The molecule has 0 saturated heterocycles. The minimum atomic E-state index is -1.01. The molecule has 3 N–H and O–H groups in total. The molecule has 0 aromatic heterocycles. The summed E-state index contributed by atoms with van der Waals surface area (Å²) >= 11 is 0. The van der Waals surface area contributed by atoms with Crippen molar-refractivity contribution < 1.29 is 9.90 Å². The molecule has 1 aliphatic rings. The zero-order valence-corrected chi connectivity index (χ0v) is 6.29. The molecule has 64 valence electrons. The second-order valence-electron chi connectivity index (χ2n) is 2.20. The average Bonchev–Trinajstić information content (AvgIpc) is 2.03. The summed E-state index contributed by atoms with van der Waals surface area (Å²) in [5.41, 5.74) is 0. The molecule has 0 spiro atoms. The molecule has 0 fully saturated rings. The predicted molar refractivity (Wildman–Crippen MR) is 44.2 cm³/mol. The Kier molecular flexibility index (Phi) is 2.60. The molecule has 0 radical (unpaired) electrons. The predicted octanol–water partition coefficient (Wildman–Crippen LogP) is -0.273. The zero-order chi connectivity index (χ0) is 8.97. The Morgan fingerprint density at radius 2 is 2.50 bits per heavy atom. The van der Waals surface area contributed by atoms with Crippen molar-refractivity contribution in [2.24, 2.45) is 10.8 Å². The van der Waals surface area contributed by atoms with Gasteiger partial charge in [0.2, 0.25) is 0 Å². The average molecular weight is 167 g/mol. The quantitative estimate of drug-likeness (QED) is 0.438. The lowest BCUT2D eigenvalue weighted by Gasteiger charge is -2.21. The van der Waals surface area contributed by atoms with Crippen LogP contribution in [0.1, 0.15) is 0 Å². The number of carbonyl (C=O) groups is 1. The van der Waals surface area contributed by atoms with Gasteiger partial charge in [-0.3, -0.25) is 10.0 Å². The SMILES string of the molecule is NN1C=CC=NC1/C=C/C(=O)O. The highest BCUT2D eigenvalue weighted by Crippen LogP contribution is 2.01. The second-order valence-corrected chi connectivity index (χ2v) is 2.20. The molecule has 0 bridgehead atoms. The summed E-state index contributed by atoms with van der Waals surface area (Å²) < 4.78 is 0. The molecule has 1 unspecified atom stereocenters. The van der Waals surface area contributed by atoms with E-state index in [2.05, 4.69) is 4.99 Å². The number of carboxylic acid groups (broad SMARTS) is 1. The van der Waals surface area contributed by atoms with E-state index in [-0.39, 0.29) is 0 Å². The van der Waals surface area contributed by atoms with Gasteiger partial charge in [0.25, 0.3) is 0 Å². The number of rotatable bonds is 2. The number of nitrogens with zero attached hydrogens (tertiary/aromatic N) is 2. The van der Waals surface area contributed by atoms with E-state index in [0.29, 0.717) is 0 Å². The number of hydrazine groups is 1. The Labute approximate surface area is 69.5 Å². The van der Waals surface area contributed by atoms with E-state index < -0.39 is 12.1 Å². The first-order valence-electron chi connectivity index (χ1n) is 3.34. The molecular formula is C7H9N3O2. The maximum atomic E-state index is 10.1. The minimum absolute atomic E-state index is 0.411. The molecule has 1 rings (SSSR count). The number of carboxylic acids is 1. The molecule has 0 aliphatic carbocycles. The summed E-state index contributed by atoms with van der Waals surface area (Å²) in [6.45, 7) is 0. The second kappa shape index (κ2) is 3.68. The molecule has 1 atom stereocenters. The van der Waals surface area contributed by atoms with Crippen LogP contribution in [0.4, 0.5) is 0 Å². The van der Waals surface area contributed by atoms with Crippen molar-refractivity contribution in [3.8, 4) is 0 Å². The van der Waals surface area contributed by atoms with Crippen molar-refractivity contribution in [2.45, 2.75) is 6.17 Å². The lowest BCUT2D eigenvalue weighted by Crippen LogP contribution is -2.35. The molecule has 0 aromatic carbocycles. The number of hydrogen-bond donors (Lipinski definition) is 2. The maximum Gasteiger partial charge on any atom is 0.328 e. The van der Waals surface area contributed by atoms with Gasteiger partial charge < -0.3 is 5.11 Å². The monoisotopic (exact) mass is 167 g/mol. The standard InChI is InChI=1S/C7H9N3O2/c8-10-5-1-4-9-6(10)2-3-7(11)12/h1-6H,8H2,(H,11,12)/b3-2+. The number of hydrogen-bond acceptors (Lipinski definition) is 4. The topological polar surface area (TPSA) is 78.9 Å². The first-order chi connectivity index (χ1) is 5.70. The van der Waals surface area contributed by atoms with E-state index in [9.17, 15) is 4.79 Å². The number of aliphatic imine (C=N–C) groups is 1. The minimum Gasteiger partial charge on any atom is -0.478 e. The molecule has 0 saturated carbocycles. The van der Waals surface area contributed by atoms with Crippen molar-refractivity contribution in [1.29, 1.82) is 0 Å². The Balaban J connectivity index is 2.58. The molecular weight excluding hydrogens is 158 g/mol. The molecule has 1 heterocycles. The van der Waals surface area contributed by atoms with Gasteiger partial charge in [-0.1, -0.05) is 0 Å². The molecule has 0 aromatic rings. The van der Waals surface area contributed by atoms with Gasteiger partial charge in [0, 0.05) is 18.5 Å². The summed E-state index contributed by atoms with van der Waals surface area (Å²) in [7, 11) is 0. The van der Waals surface area contributed by atoms with Crippen LogP contribution in [0.3, 0.4) is 0 Å². The highest BCUT2D eigenvalue weighted by Gasteiger charge is 2.07. The highest BCUT2D eigenvalue weighted by molar-refractivity contribution is 5.80. The highest BCUT2D eigenvalue weighted by atomic mass is 16.4. The van der Waals surface area contributed by atoms with Crippen LogP contribution in [-0.4, -0.2) is 28.5 Å². The summed E-state index contributed by atoms with van der Waals surface area (Å²) in [5, 5.41) is 9.63. The van der Waals surface area contributed by atoms with Crippen LogP contribution >= 0.6 is 0 Å². The zero-order valence-electron chi connectivity index (χ0n) is 6.29. The van der Waals surface area contributed by atoms with E-state index in [1.54, 1.807) is 18.5 Å². The fraction of sp³-hybridized carbons (Fsp3) is 0.143. The Hall–Kier alpha value is -1.62. The number of aliphatic carboxylic acids is 1. The molecule has 5 heteroatoms. The van der Waals surface area contributed by atoms with Gasteiger partial charge in [-0.15, -0.1) is 0 Å². The molecule has 5 nitrogen and oxygen atoms in total. The third-order valence-corrected chi connectivity index (χ3v) is 1.30. The van der Waals surface area contributed by atoms with Crippen LogP contribution in [0, 0.1) is 0 Å². The van der Waals surface area contributed by atoms with E-state index in [0.717, 1.165) is 6.08 Å².